The zero-order chi connectivity index (χ0) is 22.0. The number of ether oxygens (including phenoxy) is 1. The molecule has 7 nitrogen and oxygen atoms in total. The van der Waals surface area contributed by atoms with Crippen molar-refractivity contribution < 1.29 is 18.3 Å². The number of halogens is 2. The predicted molar refractivity (Wildman–Crippen MR) is 116 cm³/mol. The maximum atomic E-state index is 12.7. The molecule has 10 heteroatoms. The van der Waals surface area contributed by atoms with Crippen molar-refractivity contribution >= 4 is 29.3 Å². The van der Waals surface area contributed by atoms with Gasteiger partial charge in [-0.15, -0.1) is 10.2 Å². The molecule has 168 valence electrons. The van der Waals surface area contributed by atoms with Gasteiger partial charge in [0, 0.05) is 24.8 Å². The molecular formula is C21H27F2N5O2S. The number of thioether (sulfide) groups is 1. The number of nitrogens with zero attached hydrogens (tertiary/aromatic N) is 4. The number of hydrogen-bond acceptors (Lipinski definition) is 6. The molecule has 0 spiro atoms. The summed E-state index contributed by atoms with van der Waals surface area (Å²) in [6.45, 7) is 3.20. The molecule has 1 saturated heterocycles. The number of hydrogen-bond donors (Lipinski definition) is 1. The second kappa shape index (κ2) is 9.42. The van der Waals surface area contributed by atoms with Crippen LogP contribution in [-0.2, 0) is 4.79 Å². The van der Waals surface area contributed by atoms with E-state index in [4.69, 9.17) is 0 Å². The third-order valence-corrected chi connectivity index (χ3v) is 6.68. The van der Waals surface area contributed by atoms with Gasteiger partial charge in [0.25, 0.3) is 0 Å². The molecule has 1 saturated carbocycles. The number of carbonyl (C=O) groups excluding carboxylic acids is 1. The Labute approximate surface area is 184 Å². The van der Waals surface area contributed by atoms with E-state index in [-0.39, 0.29) is 11.7 Å². The van der Waals surface area contributed by atoms with Crippen LogP contribution in [0.3, 0.4) is 0 Å². The van der Waals surface area contributed by atoms with Gasteiger partial charge in [-0.05, 0) is 62.8 Å². The Kier molecular flexibility index (Phi) is 6.64. The van der Waals surface area contributed by atoms with Gasteiger partial charge in [-0.3, -0.25) is 9.36 Å². The first-order chi connectivity index (χ1) is 14.9. The van der Waals surface area contributed by atoms with E-state index in [2.05, 4.69) is 36.6 Å². The summed E-state index contributed by atoms with van der Waals surface area (Å²) in [4.78, 5) is 15.0. The lowest BCUT2D eigenvalue weighted by Gasteiger charge is -2.31. The second-order valence-electron chi connectivity index (χ2n) is 8.21. The highest BCUT2D eigenvalue weighted by Gasteiger charge is 2.33. The van der Waals surface area contributed by atoms with E-state index in [9.17, 15) is 13.6 Å². The van der Waals surface area contributed by atoms with Crippen LogP contribution in [0.4, 0.5) is 20.4 Å². The Balaban J connectivity index is 1.40. The molecule has 0 radical (unpaired) electrons. The van der Waals surface area contributed by atoms with Crippen molar-refractivity contribution in [1.82, 2.24) is 14.8 Å². The fourth-order valence-electron chi connectivity index (χ4n) is 3.60. The van der Waals surface area contributed by atoms with Crippen LogP contribution in [0.25, 0.3) is 0 Å². The molecule has 31 heavy (non-hydrogen) atoms. The molecule has 2 heterocycles. The Morgan fingerprint density at radius 2 is 1.84 bits per heavy atom. The van der Waals surface area contributed by atoms with Crippen LogP contribution in [0, 0.1) is 5.92 Å². The highest BCUT2D eigenvalue weighted by atomic mass is 32.2. The van der Waals surface area contributed by atoms with Gasteiger partial charge < -0.3 is 15.0 Å². The lowest BCUT2D eigenvalue weighted by atomic mass is 10.00. The Hall–Kier alpha value is -2.36. The third-order valence-electron chi connectivity index (χ3n) is 5.62. The Morgan fingerprint density at radius 1 is 1.16 bits per heavy atom. The summed E-state index contributed by atoms with van der Waals surface area (Å²) in [7, 11) is 0. The van der Waals surface area contributed by atoms with Gasteiger partial charge in [0.15, 0.2) is 5.16 Å². The zero-order valence-electron chi connectivity index (χ0n) is 17.6. The minimum atomic E-state index is -2.88. The summed E-state index contributed by atoms with van der Waals surface area (Å²) in [6, 6.07) is 6.28. The number of carbonyl (C=O) groups is 1. The van der Waals surface area contributed by atoms with Crippen LogP contribution in [0.5, 0.6) is 5.75 Å². The molecule has 0 bridgehead atoms. The van der Waals surface area contributed by atoms with E-state index in [1.807, 2.05) is 6.92 Å². The maximum absolute atomic E-state index is 12.7. The van der Waals surface area contributed by atoms with Crippen molar-refractivity contribution in [3.05, 3.63) is 24.3 Å². The number of aromatic nitrogens is 3. The van der Waals surface area contributed by atoms with Gasteiger partial charge in [-0.2, -0.15) is 8.78 Å². The summed E-state index contributed by atoms with van der Waals surface area (Å²) < 4.78 is 31.1. The molecular weight excluding hydrogens is 424 g/mol. The monoisotopic (exact) mass is 451 g/mol. The molecule has 1 aliphatic carbocycles. The zero-order valence-corrected chi connectivity index (χ0v) is 18.4. The molecule has 2 aromatic rings. The van der Waals surface area contributed by atoms with Gasteiger partial charge in [-0.1, -0.05) is 18.7 Å². The average molecular weight is 452 g/mol. The third kappa shape index (κ3) is 5.47. The predicted octanol–water partition coefficient (Wildman–Crippen LogP) is 4.57. The van der Waals surface area contributed by atoms with Gasteiger partial charge in [0.05, 0.1) is 5.25 Å². The summed E-state index contributed by atoms with van der Waals surface area (Å²) in [6.07, 6.45) is 4.52. The highest BCUT2D eigenvalue weighted by Crippen LogP contribution is 2.42. The summed E-state index contributed by atoms with van der Waals surface area (Å²) in [5, 5.41) is 12.1. The van der Waals surface area contributed by atoms with Crippen LogP contribution in [0.2, 0.25) is 0 Å². The number of nitrogens with one attached hydrogen (secondary N) is 1. The van der Waals surface area contributed by atoms with Gasteiger partial charge in [-0.25, -0.2) is 0 Å². The number of alkyl halides is 2. The van der Waals surface area contributed by atoms with E-state index in [0.717, 1.165) is 55.8 Å². The minimum Gasteiger partial charge on any atom is -0.435 e. The molecule has 2 aliphatic rings. The SMILES string of the molecule is CC1CCN(c2nnc(SC(C)C(=O)Nc3ccc(OC(F)F)cc3)n2C2CC2)CC1. The molecule has 1 N–H and O–H groups in total. The van der Waals surface area contributed by atoms with Crippen molar-refractivity contribution in [2.45, 2.75) is 62.6 Å². The normalized spacial score (nSPS) is 18.3. The number of piperidine rings is 1. The largest absolute Gasteiger partial charge is 0.435 e. The fourth-order valence-corrected chi connectivity index (χ4v) is 4.52. The van der Waals surface area contributed by atoms with Crippen LogP contribution < -0.4 is 15.0 Å². The molecule has 1 aliphatic heterocycles. The van der Waals surface area contributed by atoms with E-state index in [1.54, 1.807) is 0 Å². The van der Waals surface area contributed by atoms with Crippen LogP contribution >= 0.6 is 11.8 Å². The topological polar surface area (TPSA) is 72.3 Å². The van der Waals surface area contributed by atoms with Crippen molar-refractivity contribution in [2.75, 3.05) is 23.3 Å². The van der Waals surface area contributed by atoms with Gasteiger partial charge >= 0.3 is 6.61 Å². The first kappa shape index (κ1) is 21.9. The molecule has 1 aromatic carbocycles. The van der Waals surface area contributed by atoms with E-state index in [1.165, 1.54) is 36.0 Å². The number of anilines is 2. The smallest absolute Gasteiger partial charge is 0.387 e. The number of amides is 1. The molecule has 1 unspecified atom stereocenters. The molecule has 4 rings (SSSR count). The molecule has 1 atom stereocenters. The molecule has 2 fully saturated rings. The summed E-state index contributed by atoms with van der Waals surface area (Å²) in [5.41, 5.74) is 0.519. The van der Waals surface area contributed by atoms with Crippen LogP contribution in [0.1, 0.15) is 45.6 Å². The van der Waals surface area contributed by atoms with Crippen LogP contribution in [-0.4, -0.2) is 45.6 Å². The van der Waals surface area contributed by atoms with E-state index >= 15 is 0 Å². The quantitative estimate of drug-likeness (QED) is 0.593. The number of benzene rings is 1. The molecule has 1 amide bonds. The summed E-state index contributed by atoms with van der Waals surface area (Å²) >= 11 is 1.39. The summed E-state index contributed by atoms with van der Waals surface area (Å²) in [5.74, 6) is 1.51. The molecule has 1 aromatic heterocycles. The first-order valence-corrected chi connectivity index (χ1v) is 11.5. The average Bonchev–Trinajstić information content (AvgIpc) is 3.50. The van der Waals surface area contributed by atoms with Crippen LogP contribution in [0.15, 0.2) is 29.4 Å². The lowest BCUT2D eigenvalue weighted by Crippen LogP contribution is -2.34. The second-order valence-corrected chi connectivity index (χ2v) is 9.51. The first-order valence-electron chi connectivity index (χ1n) is 10.6. The Morgan fingerprint density at radius 3 is 2.45 bits per heavy atom. The van der Waals surface area contributed by atoms with Crippen molar-refractivity contribution in [1.29, 1.82) is 0 Å². The fraction of sp³-hybridized carbons (Fsp3) is 0.571. The van der Waals surface area contributed by atoms with Gasteiger partial charge in [0.1, 0.15) is 5.75 Å². The highest BCUT2D eigenvalue weighted by molar-refractivity contribution is 8.00. The number of rotatable bonds is 8. The standard InChI is InChI=1S/C21H27F2N5O2S/c1-13-9-11-27(12-10-13)20-25-26-21(28(20)16-5-6-16)31-14(2)18(29)24-15-3-7-17(8-4-15)30-19(22)23/h3-4,7-8,13-14,16,19H,5-6,9-12H2,1-2H3,(H,24,29). The van der Waals surface area contributed by atoms with Crippen molar-refractivity contribution in [2.24, 2.45) is 5.92 Å². The lowest BCUT2D eigenvalue weighted by molar-refractivity contribution is -0.115. The van der Waals surface area contributed by atoms with E-state index < -0.39 is 11.9 Å². The van der Waals surface area contributed by atoms with Crippen molar-refractivity contribution in [3.8, 4) is 5.75 Å². The van der Waals surface area contributed by atoms with Crippen molar-refractivity contribution in [3.63, 3.8) is 0 Å². The van der Waals surface area contributed by atoms with Gasteiger partial charge in [0.2, 0.25) is 11.9 Å². The maximum Gasteiger partial charge on any atom is 0.387 e. The minimum absolute atomic E-state index is 0.0487. The Bertz CT molecular complexity index is 896. The van der Waals surface area contributed by atoms with E-state index in [0.29, 0.717) is 11.7 Å².